The number of carbonyl (C=O) groups excluding carboxylic acids is 1. The van der Waals surface area contributed by atoms with Crippen molar-refractivity contribution >= 4 is 15.9 Å². The van der Waals surface area contributed by atoms with Gasteiger partial charge >= 0.3 is 0 Å². The average Bonchev–Trinajstić information content (AvgIpc) is 2.71. The minimum absolute atomic E-state index is 0.00528. The molecule has 6 nitrogen and oxygen atoms in total. The molecule has 2 N–H and O–H groups in total. The van der Waals surface area contributed by atoms with Crippen LogP contribution in [0.4, 0.5) is 0 Å². The lowest BCUT2D eigenvalue weighted by Crippen LogP contribution is -3.13. The fourth-order valence-corrected chi connectivity index (χ4v) is 4.51. The molecule has 1 aliphatic rings. The van der Waals surface area contributed by atoms with E-state index in [0.29, 0.717) is 13.1 Å². The molecule has 7 heteroatoms. The molecule has 1 heterocycles. The monoisotopic (exact) mass is 402 g/mol. The molecule has 2 aromatic rings. The molecule has 1 aliphatic heterocycles. The first-order chi connectivity index (χ1) is 13.5. The molecule has 1 saturated heterocycles. The first-order valence-electron chi connectivity index (χ1n) is 9.66. The second-order valence-electron chi connectivity index (χ2n) is 7.19. The highest BCUT2D eigenvalue weighted by atomic mass is 32.2. The molecule has 0 bridgehead atoms. The highest BCUT2D eigenvalue weighted by Gasteiger charge is 2.24. The summed E-state index contributed by atoms with van der Waals surface area (Å²) in [6, 6.07) is 16.6. The standard InChI is InChI=1S/C21H27N3O3S/c1-18-7-5-6-8-19(18)17-23-13-15-24(16-14-23)21(25)11-12-22-28(26,27)20-9-3-2-4-10-20/h2-10,22H,11-17H2,1H3/p+1. The summed E-state index contributed by atoms with van der Waals surface area (Å²) in [6.07, 6.45) is 0.180. The van der Waals surface area contributed by atoms with Gasteiger partial charge in [0.25, 0.3) is 0 Å². The second-order valence-corrected chi connectivity index (χ2v) is 8.96. The van der Waals surface area contributed by atoms with Gasteiger partial charge in [-0.25, -0.2) is 13.1 Å². The van der Waals surface area contributed by atoms with E-state index in [1.807, 2.05) is 4.90 Å². The summed E-state index contributed by atoms with van der Waals surface area (Å²) in [7, 11) is -3.56. The predicted molar refractivity (Wildman–Crippen MR) is 108 cm³/mol. The Labute approximate surface area is 167 Å². The molecule has 150 valence electrons. The summed E-state index contributed by atoms with van der Waals surface area (Å²) in [5.41, 5.74) is 2.66. The molecule has 28 heavy (non-hydrogen) atoms. The minimum atomic E-state index is -3.56. The Kier molecular flexibility index (Phi) is 6.83. The molecule has 2 aromatic carbocycles. The van der Waals surface area contributed by atoms with Crippen molar-refractivity contribution in [3.8, 4) is 0 Å². The smallest absolute Gasteiger partial charge is 0.240 e. The van der Waals surface area contributed by atoms with E-state index in [9.17, 15) is 13.2 Å². The van der Waals surface area contributed by atoms with Crippen molar-refractivity contribution in [2.75, 3.05) is 32.7 Å². The third-order valence-electron chi connectivity index (χ3n) is 5.21. The molecule has 1 amide bonds. The average molecular weight is 403 g/mol. The molecule has 1 fully saturated rings. The molecule has 0 spiro atoms. The number of aryl methyl sites for hydroxylation is 1. The third kappa shape index (κ3) is 5.41. The van der Waals surface area contributed by atoms with Gasteiger partial charge in [-0.3, -0.25) is 4.79 Å². The summed E-state index contributed by atoms with van der Waals surface area (Å²) >= 11 is 0. The van der Waals surface area contributed by atoms with Gasteiger partial charge in [0.1, 0.15) is 6.54 Å². The van der Waals surface area contributed by atoms with Crippen LogP contribution in [0.1, 0.15) is 17.5 Å². The fourth-order valence-electron chi connectivity index (χ4n) is 3.46. The number of rotatable bonds is 7. The maximum Gasteiger partial charge on any atom is 0.240 e. The van der Waals surface area contributed by atoms with Crippen LogP contribution in [0.5, 0.6) is 0 Å². The van der Waals surface area contributed by atoms with Crippen LogP contribution in [0.2, 0.25) is 0 Å². The van der Waals surface area contributed by atoms with Gasteiger partial charge in [-0.1, -0.05) is 42.5 Å². The number of benzene rings is 2. The quantitative estimate of drug-likeness (QED) is 0.712. The predicted octanol–water partition coefficient (Wildman–Crippen LogP) is 0.591. The van der Waals surface area contributed by atoms with Crippen molar-refractivity contribution < 1.29 is 18.1 Å². The van der Waals surface area contributed by atoms with Crippen molar-refractivity contribution in [2.45, 2.75) is 24.8 Å². The van der Waals surface area contributed by atoms with Crippen molar-refractivity contribution in [1.82, 2.24) is 9.62 Å². The van der Waals surface area contributed by atoms with Crippen LogP contribution >= 0.6 is 0 Å². The first-order valence-corrected chi connectivity index (χ1v) is 11.1. The van der Waals surface area contributed by atoms with Crippen molar-refractivity contribution in [2.24, 2.45) is 0 Å². The van der Waals surface area contributed by atoms with E-state index in [0.717, 1.165) is 19.6 Å². The number of quaternary nitrogens is 1. The summed E-state index contributed by atoms with van der Waals surface area (Å²) in [4.78, 5) is 16.0. The number of nitrogens with zero attached hydrogens (tertiary/aromatic N) is 1. The number of amides is 1. The lowest BCUT2D eigenvalue weighted by molar-refractivity contribution is -0.917. The van der Waals surface area contributed by atoms with Crippen LogP contribution in [0.3, 0.4) is 0 Å². The van der Waals surface area contributed by atoms with Gasteiger partial charge in [-0.2, -0.15) is 0 Å². The van der Waals surface area contributed by atoms with Gasteiger partial charge in [0.2, 0.25) is 15.9 Å². The Morgan fingerprint density at radius 1 is 1.04 bits per heavy atom. The zero-order valence-corrected chi connectivity index (χ0v) is 17.0. The van der Waals surface area contributed by atoms with Gasteiger partial charge in [0, 0.05) is 18.5 Å². The molecule has 0 saturated carbocycles. The Bertz CT molecular complexity index is 892. The zero-order valence-electron chi connectivity index (χ0n) is 16.2. The number of hydrogen-bond acceptors (Lipinski definition) is 3. The van der Waals surface area contributed by atoms with Gasteiger partial charge < -0.3 is 9.80 Å². The van der Waals surface area contributed by atoms with Crippen molar-refractivity contribution in [3.63, 3.8) is 0 Å². The van der Waals surface area contributed by atoms with E-state index >= 15 is 0 Å². The minimum Gasteiger partial charge on any atom is -0.331 e. The number of hydrogen-bond donors (Lipinski definition) is 2. The Morgan fingerprint density at radius 2 is 1.68 bits per heavy atom. The number of piperazine rings is 1. The molecule has 0 aromatic heterocycles. The highest BCUT2D eigenvalue weighted by Crippen LogP contribution is 2.07. The summed E-state index contributed by atoms with van der Waals surface area (Å²) in [6.45, 7) is 6.48. The molecule has 0 unspecified atom stereocenters. The van der Waals surface area contributed by atoms with Crippen LogP contribution in [0.25, 0.3) is 0 Å². The lowest BCUT2D eigenvalue weighted by atomic mass is 10.1. The van der Waals surface area contributed by atoms with Crippen LogP contribution in [0, 0.1) is 6.92 Å². The molecular formula is C21H28N3O3S+. The highest BCUT2D eigenvalue weighted by molar-refractivity contribution is 7.89. The molecule has 0 atom stereocenters. The topological polar surface area (TPSA) is 70.9 Å². The van der Waals surface area contributed by atoms with E-state index < -0.39 is 10.0 Å². The zero-order chi connectivity index (χ0) is 20.0. The van der Waals surface area contributed by atoms with Crippen molar-refractivity contribution in [1.29, 1.82) is 0 Å². The van der Waals surface area contributed by atoms with Gasteiger partial charge in [-0.15, -0.1) is 0 Å². The van der Waals surface area contributed by atoms with Crippen LogP contribution < -0.4 is 9.62 Å². The molecule has 0 radical (unpaired) electrons. The van der Waals surface area contributed by atoms with Crippen LogP contribution in [0.15, 0.2) is 59.5 Å². The van der Waals surface area contributed by atoms with E-state index in [1.54, 1.807) is 30.3 Å². The summed E-state index contributed by atoms with van der Waals surface area (Å²) in [5.74, 6) is 0.00528. The van der Waals surface area contributed by atoms with E-state index in [2.05, 4.69) is 35.9 Å². The number of nitrogens with one attached hydrogen (secondary N) is 2. The van der Waals surface area contributed by atoms with Crippen molar-refractivity contribution in [3.05, 3.63) is 65.7 Å². The Hall–Kier alpha value is -2.22. The largest absolute Gasteiger partial charge is 0.331 e. The van der Waals surface area contributed by atoms with Crippen LogP contribution in [-0.2, 0) is 21.4 Å². The Morgan fingerprint density at radius 3 is 2.36 bits per heavy atom. The van der Waals surface area contributed by atoms with E-state index in [1.165, 1.54) is 16.0 Å². The summed E-state index contributed by atoms with van der Waals surface area (Å²) in [5, 5.41) is 0. The number of sulfonamides is 1. The maximum atomic E-state index is 12.4. The lowest BCUT2D eigenvalue weighted by Gasteiger charge is -2.32. The van der Waals surface area contributed by atoms with E-state index in [-0.39, 0.29) is 23.8 Å². The first kappa shape index (κ1) is 20.5. The fraction of sp³-hybridized carbons (Fsp3) is 0.381. The van der Waals surface area contributed by atoms with Gasteiger partial charge in [-0.05, 0) is 24.6 Å². The molecule has 0 aliphatic carbocycles. The Balaban J connectivity index is 1.42. The second kappa shape index (κ2) is 9.32. The van der Waals surface area contributed by atoms with Gasteiger partial charge in [0.05, 0.1) is 31.1 Å². The molecular weight excluding hydrogens is 374 g/mol. The van der Waals surface area contributed by atoms with Crippen LogP contribution in [-0.4, -0.2) is 51.9 Å². The third-order valence-corrected chi connectivity index (χ3v) is 6.69. The normalized spacial score (nSPS) is 15.5. The van der Waals surface area contributed by atoms with Gasteiger partial charge in [0.15, 0.2) is 0 Å². The SMILES string of the molecule is Cc1ccccc1C[NH+]1CCN(C(=O)CCNS(=O)(=O)c2ccccc2)CC1. The maximum absolute atomic E-state index is 12.4. The van der Waals surface area contributed by atoms with E-state index in [4.69, 9.17) is 0 Å². The number of carbonyl (C=O) groups is 1. The molecule has 3 rings (SSSR count). The summed E-state index contributed by atoms with van der Waals surface area (Å²) < 4.78 is 26.9.